The van der Waals surface area contributed by atoms with Crippen LogP contribution in [0.1, 0.15) is 15.9 Å². The van der Waals surface area contributed by atoms with Crippen LogP contribution in [0, 0.1) is 0 Å². The van der Waals surface area contributed by atoms with Gasteiger partial charge in [-0.1, -0.05) is 30.3 Å². The van der Waals surface area contributed by atoms with Crippen molar-refractivity contribution in [3.05, 3.63) is 65.4 Å². The lowest BCUT2D eigenvalue weighted by Crippen LogP contribution is -2.24. The molecule has 0 aliphatic carbocycles. The number of hydrogen-bond acceptors (Lipinski definition) is 4. The number of aliphatic hydroxyl groups excluding tert-OH is 1. The number of hydrogen-bond donors (Lipinski definition) is 2. The highest BCUT2D eigenvalue weighted by Gasteiger charge is 2.39. The van der Waals surface area contributed by atoms with Gasteiger partial charge in [0.25, 0.3) is 5.91 Å². The second-order valence-corrected chi connectivity index (χ2v) is 5.14. The van der Waals surface area contributed by atoms with E-state index >= 15 is 0 Å². The van der Waals surface area contributed by atoms with Gasteiger partial charge in [-0.2, -0.15) is 0 Å². The highest BCUT2D eigenvalue weighted by Crippen LogP contribution is 2.41. The fourth-order valence-electron chi connectivity index (χ4n) is 3.02. The number of carbonyl (C=O) groups is 2. The molecule has 0 unspecified atom stereocenters. The lowest BCUT2D eigenvalue weighted by Gasteiger charge is -2.18. The fraction of sp³-hybridized carbons (Fsp3) is 0.0588. The average molecular weight is 292 g/mol. The zero-order valence-corrected chi connectivity index (χ0v) is 11.5. The second kappa shape index (κ2) is 4.54. The van der Waals surface area contributed by atoms with Gasteiger partial charge in [-0.25, -0.2) is 0 Å². The first kappa shape index (κ1) is 12.8. The minimum atomic E-state index is -0.364. The molecule has 0 fully saturated rings. The Morgan fingerprint density at radius 2 is 1.64 bits per heavy atom. The van der Waals surface area contributed by atoms with Gasteiger partial charge in [0.2, 0.25) is 5.78 Å². The maximum Gasteiger partial charge on any atom is 0.258 e. The first-order valence-corrected chi connectivity index (χ1v) is 6.89. The van der Waals surface area contributed by atoms with E-state index in [-0.39, 0.29) is 24.1 Å². The quantitative estimate of drug-likeness (QED) is 0.789. The van der Waals surface area contributed by atoms with E-state index < -0.39 is 0 Å². The van der Waals surface area contributed by atoms with Crippen molar-refractivity contribution < 1.29 is 14.7 Å². The molecule has 0 saturated carbocycles. The van der Waals surface area contributed by atoms with Crippen LogP contribution in [0.4, 0.5) is 11.4 Å². The topological polar surface area (TPSA) is 69.6 Å². The highest BCUT2D eigenvalue weighted by molar-refractivity contribution is 6.39. The first-order valence-electron chi connectivity index (χ1n) is 6.89. The second-order valence-electron chi connectivity index (χ2n) is 5.14. The van der Waals surface area contributed by atoms with Gasteiger partial charge in [-0.05, 0) is 18.2 Å². The van der Waals surface area contributed by atoms with Crippen molar-refractivity contribution in [3.63, 3.8) is 0 Å². The summed E-state index contributed by atoms with van der Waals surface area (Å²) in [5.41, 5.74) is 3.02. The van der Waals surface area contributed by atoms with E-state index in [1.807, 2.05) is 12.1 Å². The number of anilines is 2. The molecule has 2 aromatic rings. The normalized spacial score (nSPS) is 19.2. The van der Waals surface area contributed by atoms with Crippen LogP contribution in [0.5, 0.6) is 0 Å². The lowest BCUT2D eigenvalue weighted by atomic mass is 10.0. The van der Waals surface area contributed by atoms with Crippen LogP contribution in [0.3, 0.4) is 0 Å². The monoisotopic (exact) mass is 292 g/mol. The van der Waals surface area contributed by atoms with E-state index in [4.69, 9.17) is 0 Å². The summed E-state index contributed by atoms with van der Waals surface area (Å²) in [4.78, 5) is 26.5. The number of rotatable bonds is 1. The number of ketones is 1. The summed E-state index contributed by atoms with van der Waals surface area (Å²) < 4.78 is 0. The molecule has 0 saturated heterocycles. The molecule has 0 atom stereocenters. The minimum Gasteiger partial charge on any atom is -0.376 e. The molecule has 0 bridgehead atoms. The zero-order chi connectivity index (χ0) is 15.3. The SMILES string of the molecule is O=C1Nc2ccccc2C1=C1C(=O)c2ccccc2N1CO. The number of aliphatic hydroxyl groups is 1. The molecule has 5 heteroatoms. The summed E-state index contributed by atoms with van der Waals surface area (Å²) in [6, 6.07) is 14.2. The largest absolute Gasteiger partial charge is 0.376 e. The van der Waals surface area contributed by atoms with Crippen molar-refractivity contribution >= 4 is 28.6 Å². The van der Waals surface area contributed by atoms with Crippen LogP contribution in [-0.4, -0.2) is 23.5 Å². The molecule has 0 spiro atoms. The summed E-state index contributed by atoms with van der Waals surface area (Å²) in [6.45, 7) is -0.364. The number of allylic oxidation sites excluding steroid dienone is 1. The number of nitrogens with zero attached hydrogens (tertiary/aromatic N) is 1. The maximum absolute atomic E-state index is 12.7. The molecule has 2 N–H and O–H groups in total. The molecule has 4 rings (SSSR count). The summed E-state index contributed by atoms with van der Waals surface area (Å²) in [5.74, 6) is -0.567. The summed E-state index contributed by atoms with van der Waals surface area (Å²) in [6.07, 6.45) is 0. The third kappa shape index (κ3) is 1.57. The van der Waals surface area contributed by atoms with Crippen LogP contribution < -0.4 is 10.2 Å². The Kier molecular flexibility index (Phi) is 2.64. The molecule has 5 nitrogen and oxygen atoms in total. The number of carbonyl (C=O) groups excluding carboxylic acids is 2. The summed E-state index contributed by atoms with van der Waals surface area (Å²) in [7, 11) is 0. The minimum absolute atomic E-state index is 0.228. The number of Topliss-reactive ketones (excluding diaryl/α,β-unsaturated/α-hetero) is 1. The molecule has 2 heterocycles. The predicted octanol–water partition coefficient (Wildman–Crippen LogP) is 2.00. The van der Waals surface area contributed by atoms with Gasteiger partial charge in [-0.15, -0.1) is 0 Å². The molecule has 22 heavy (non-hydrogen) atoms. The lowest BCUT2D eigenvalue weighted by molar-refractivity contribution is -0.110. The summed E-state index contributed by atoms with van der Waals surface area (Å²) in [5, 5.41) is 12.5. The maximum atomic E-state index is 12.7. The Morgan fingerprint density at radius 3 is 2.41 bits per heavy atom. The van der Waals surface area contributed by atoms with Crippen LogP contribution in [0.15, 0.2) is 54.2 Å². The van der Waals surface area contributed by atoms with Crippen molar-refractivity contribution in [1.82, 2.24) is 0 Å². The standard InChI is InChI=1S/C17H12N2O3/c20-9-19-13-8-4-2-6-11(13)16(21)15(19)14-10-5-1-3-7-12(10)18-17(14)22/h1-8,20H,9H2,(H,18,22). The van der Waals surface area contributed by atoms with Gasteiger partial charge in [0.05, 0.1) is 11.3 Å². The van der Waals surface area contributed by atoms with Crippen molar-refractivity contribution in [2.45, 2.75) is 0 Å². The van der Waals surface area contributed by atoms with Crippen LogP contribution >= 0.6 is 0 Å². The van der Waals surface area contributed by atoms with Crippen molar-refractivity contribution in [2.75, 3.05) is 16.9 Å². The number of benzene rings is 2. The first-order chi connectivity index (χ1) is 10.7. The molecule has 0 aromatic heterocycles. The van der Waals surface area contributed by atoms with Crippen molar-refractivity contribution in [2.24, 2.45) is 0 Å². The van der Waals surface area contributed by atoms with Gasteiger partial charge in [0, 0.05) is 16.8 Å². The van der Waals surface area contributed by atoms with E-state index in [1.54, 1.807) is 36.4 Å². The van der Waals surface area contributed by atoms with Gasteiger partial charge in [0.15, 0.2) is 0 Å². The van der Waals surface area contributed by atoms with E-state index in [1.165, 1.54) is 4.90 Å². The highest BCUT2D eigenvalue weighted by atomic mass is 16.3. The van der Waals surface area contributed by atoms with Crippen LogP contribution in [0.2, 0.25) is 0 Å². The van der Waals surface area contributed by atoms with Crippen molar-refractivity contribution in [3.8, 4) is 0 Å². The van der Waals surface area contributed by atoms with Gasteiger partial charge < -0.3 is 15.3 Å². The number of nitrogens with one attached hydrogen (secondary N) is 1. The Labute approximate surface area is 126 Å². The molecule has 108 valence electrons. The fourth-order valence-corrected chi connectivity index (χ4v) is 3.02. The molecule has 2 aliphatic heterocycles. The summed E-state index contributed by atoms with van der Waals surface area (Å²) >= 11 is 0. The average Bonchev–Trinajstić information content (AvgIpc) is 3.01. The van der Waals surface area contributed by atoms with E-state index in [0.717, 1.165) is 0 Å². The van der Waals surface area contributed by atoms with Gasteiger partial charge >= 0.3 is 0 Å². The predicted molar refractivity (Wildman–Crippen MR) is 82.3 cm³/mol. The smallest absolute Gasteiger partial charge is 0.258 e. The third-order valence-electron chi connectivity index (χ3n) is 3.97. The Bertz CT molecular complexity index is 854. The molecule has 0 radical (unpaired) electrons. The molecular weight excluding hydrogens is 280 g/mol. The molecule has 2 aliphatic rings. The van der Waals surface area contributed by atoms with Crippen molar-refractivity contribution in [1.29, 1.82) is 0 Å². The molecule has 1 amide bonds. The molecular formula is C17H12N2O3. The number of para-hydroxylation sites is 2. The Balaban J connectivity index is 2.00. The number of amides is 1. The Hall–Kier alpha value is -2.92. The van der Waals surface area contributed by atoms with Crippen LogP contribution in [-0.2, 0) is 4.79 Å². The third-order valence-corrected chi connectivity index (χ3v) is 3.97. The van der Waals surface area contributed by atoms with E-state index in [2.05, 4.69) is 5.32 Å². The van der Waals surface area contributed by atoms with Crippen LogP contribution in [0.25, 0.3) is 5.57 Å². The van der Waals surface area contributed by atoms with E-state index in [9.17, 15) is 14.7 Å². The number of fused-ring (bicyclic) bond motifs is 2. The van der Waals surface area contributed by atoms with E-state index in [0.29, 0.717) is 28.1 Å². The Morgan fingerprint density at radius 1 is 0.955 bits per heavy atom. The zero-order valence-electron chi connectivity index (χ0n) is 11.5. The molecule has 2 aromatic carbocycles. The van der Waals surface area contributed by atoms with Gasteiger partial charge in [0.1, 0.15) is 12.4 Å². The van der Waals surface area contributed by atoms with Gasteiger partial charge in [-0.3, -0.25) is 9.59 Å².